The van der Waals surface area contributed by atoms with Gasteiger partial charge in [-0.2, -0.15) is 10.1 Å². The number of benzene rings is 1. The highest BCUT2D eigenvalue weighted by atomic mass is 32.1. The van der Waals surface area contributed by atoms with Crippen LogP contribution in [0.3, 0.4) is 0 Å². The van der Waals surface area contributed by atoms with Crippen LogP contribution in [0.25, 0.3) is 27.0 Å². The van der Waals surface area contributed by atoms with Gasteiger partial charge < -0.3 is 15.5 Å². The zero-order valence-corrected chi connectivity index (χ0v) is 20.5. The van der Waals surface area contributed by atoms with E-state index in [1.165, 1.54) is 6.08 Å². The lowest BCUT2D eigenvalue weighted by Gasteiger charge is -2.32. The SMILES string of the molecule is C=CC(=O)Nc1ccc2sc(N3CCCC(Nc4nc5ccc(-c6cn[nH]c6)c(C)n5n4)C3)nc2c1. The second kappa shape index (κ2) is 9.08. The molecule has 36 heavy (non-hydrogen) atoms. The van der Waals surface area contributed by atoms with E-state index < -0.39 is 0 Å². The molecule has 1 aliphatic rings. The molecule has 1 amide bonds. The third-order valence-electron chi connectivity index (χ3n) is 6.40. The van der Waals surface area contributed by atoms with Crippen LogP contribution in [0.2, 0.25) is 0 Å². The van der Waals surface area contributed by atoms with Gasteiger partial charge in [0, 0.05) is 47.8 Å². The molecule has 0 radical (unpaired) electrons. The van der Waals surface area contributed by atoms with Crippen LogP contribution >= 0.6 is 11.3 Å². The average Bonchev–Trinajstić information content (AvgIpc) is 3.64. The predicted octanol–water partition coefficient (Wildman–Crippen LogP) is 4.24. The number of thiazole rings is 1. The maximum absolute atomic E-state index is 11.6. The van der Waals surface area contributed by atoms with Crippen LogP contribution in [0.1, 0.15) is 18.5 Å². The molecule has 1 unspecified atom stereocenters. The van der Waals surface area contributed by atoms with Gasteiger partial charge in [0.05, 0.1) is 16.4 Å². The molecule has 1 saturated heterocycles. The second-order valence-electron chi connectivity index (χ2n) is 8.83. The number of pyridine rings is 1. The van der Waals surface area contributed by atoms with Crippen molar-refractivity contribution in [2.45, 2.75) is 25.8 Å². The number of carbonyl (C=O) groups is 1. The third kappa shape index (κ3) is 4.17. The summed E-state index contributed by atoms with van der Waals surface area (Å²) >= 11 is 1.66. The average molecular weight is 500 g/mol. The summed E-state index contributed by atoms with van der Waals surface area (Å²) in [5.74, 6) is 0.393. The number of aryl methyl sites for hydroxylation is 1. The van der Waals surface area contributed by atoms with Crippen molar-refractivity contribution in [1.29, 1.82) is 0 Å². The Bertz CT molecular complexity index is 1570. The van der Waals surface area contributed by atoms with E-state index in [9.17, 15) is 4.79 Å². The van der Waals surface area contributed by atoms with Gasteiger partial charge in [-0.15, -0.1) is 5.10 Å². The molecule has 1 aliphatic heterocycles. The van der Waals surface area contributed by atoms with Gasteiger partial charge in [-0.3, -0.25) is 9.89 Å². The Morgan fingerprint density at radius 2 is 2.19 bits per heavy atom. The molecule has 3 N–H and O–H groups in total. The first-order valence-corrected chi connectivity index (χ1v) is 12.6. The van der Waals surface area contributed by atoms with Crippen molar-refractivity contribution in [3.05, 3.63) is 61.1 Å². The minimum absolute atomic E-state index is 0.208. The van der Waals surface area contributed by atoms with Gasteiger partial charge in [0.25, 0.3) is 0 Å². The monoisotopic (exact) mass is 499 g/mol. The largest absolute Gasteiger partial charge is 0.348 e. The quantitative estimate of drug-likeness (QED) is 0.299. The van der Waals surface area contributed by atoms with Crippen molar-refractivity contribution < 1.29 is 4.79 Å². The van der Waals surface area contributed by atoms with Crippen molar-refractivity contribution in [2.75, 3.05) is 28.6 Å². The van der Waals surface area contributed by atoms with E-state index in [1.54, 1.807) is 17.5 Å². The van der Waals surface area contributed by atoms with Gasteiger partial charge in [0.1, 0.15) is 0 Å². The molecule has 0 saturated carbocycles. The predicted molar refractivity (Wildman–Crippen MR) is 143 cm³/mol. The van der Waals surface area contributed by atoms with Crippen LogP contribution in [0.15, 0.2) is 55.4 Å². The molecule has 5 heterocycles. The number of nitrogens with one attached hydrogen (secondary N) is 3. The number of carbonyl (C=O) groups excluding carboxylic acids is 1. The number of piperidine rings is 1. The van der Waals surface area contributed by atoms with E-state index in [4.69, 9.17) is 15.1 Å². The molecule has 5 aromatic rings. The summed E-state index contributed by atoms with van der Waals surface area (Å²) in [5.41, 5.74) is 5.50. The molecule has 1 fully saturated rings. The number of hydrogen-bond donors (Lipinski definition) is 3. The molecule has 6 rings (SSSR count). The highest BCUT2D eigenvalue weighted by Crippen LogP contribution is 2.32. The van der Waals surface area contributed by atoms with Gasteiger partial charge in [-0.05, 0) is 56.2 Å². The standard InChI is InChI=1S/C25H25N9OS/c1-3-23(35)28-17-6-8-21-20(11-17)30-25(36-21)33-10-4-5-18(14-33)29-24-31-22-9-7-19(15(2)34(22)32-24)16-12-26-27-13-16/h3,6-9,11-13,18H,1,4-5,10,14H2,2H3,(H,26,27)(H,28,35)(H,29,32). The Morgan fingerprint density at radius 1 is 1.28 bits per heavy atom. The fraction of sp³-hybridized carbons (Fsp3) is 0.240. The van der Waals surface area contributed by atoms with Gasteiger partial charge >= 0.3 is 0 Å². The zero-order chi connectivity index (χ0) is 24.6. The lowest BCUT2D eigenvalue weighted by atomic mass is 10.1. The molecule has 0 aliphatic carbocycles. The summed E-state index contributed by atoms with van der Waals surface area (Å²) in [4.78, 5) is 23.5. The molecule has 0 bridgehead atoms. The number of aromatic nitrogens is 6. The van der Waals surface area contributed by atoms with Gasteiger partial charge in [-0.1, -0.05) is 17.9 Å². The Morgan fingerprint density at radius 3 is 3.03 bits per heavy atom. The molecule has 11 heteroatoms. The number of H-pyrrole nitrogens is 1. The number of nitrogens with zero attached hydrogens (tertiary/aromatic N) is 6. The van der Waals surface area contributed by atoms with Crippen LogP contribution < -0.4 is 15.5 Å². The number of hydrogen-bond acceptors (Lipinski definition) is 8. The van der Waals surface area contributed by atoms with Crippen LogP contribution in [-0.4, -0.2) is 54.8 Å². The van der Waals surface area contributed by atoms with Crippen LogP contribution in [0.5, 0.6) is 0 Å². The van der Waals surface area contributed by atoms with Crippen molar-refractivity contribution in [2.24, 2.45) is 0 Å². The lowest BCUT2D eigenvalue weighted by molar-refractivity contribution is -0.111. The molecule has 182 valence electrons. The van der Waals surface area contributed by atoms with E-state index in [0.29, 0.717) is 11.6 Å². The van der Waals surface area contributed by atoms with Crippen molar-refractivity contribution in [1.82, 2.24) is 29.8 Å². The minimum atomic E-state index is -0.233. The summed E-state index contributed by atoms with van der Waals surface area (Å²) < 4.78 is 2.96. The smallest absolute Gasteiger partial charge is 0.247 e. The van der Waals surface area contributed by atoms with Crippen LogP contribution in [-0.2, 0) is 4.79 Å². The summed E-state index contributed by atoms with van der Waals surface area (Å²) in [7, 11) is 0. The summed E-state index contributed by atoms with van der Waals surface area (Å²) in [6, 6.07) is 10.0. The highest BCUT2D eigenvalue weighted by molar-refractivity contribution is 7.22. The van der Waals surface area contributed by atoms with E-state index in [0.717, 1.165) is 63.7 Å². The fourth-order valence-electron chi connectivity index (χ4n) is 4.61. The Balaban J connectivity index is 1.19. The van der Waals surface area contributed by atoms with E-state index in [2.05, 4.69) is 38.4 Å². The van der Waals surface area contributed by atoms with Gasteiger partial charge in [0.15, 0.2) is 10.8 Å². The molecule has 4 aromatic heterocycles. The summed E-state index contributed by atoms with van der Waals surface area (Å²) in [6.45, 7) is 7.30. The number of fused-ring (bicyclic) bond motifs is 2. The summed E-state index contributed by atoms with van der Waals surface area (Å²) in [5, 5.41) is 19.0. The van der Waals surface area contributed by atoms with Crippen LogP contribution in [0, 0.1) is 6.92 Å². The first-order chi connectivity index (χ1) is 17.6. The Hall–Kier alpha value is -4.25. The van der Waals surface area contributed by atoms with E-state index in [1.807, 2.05) is 41.9 Å². The molecule has 0 spiro atoms. The number of amides is 1. The first-order valence-electron chi connectivity index (χ1n) is 11.8. The topological polar surface area (TPSA) is 116 Å². The number of anilines is 3. The normalized spacial score (nSPS) is 15.9. The minimum Gasteiger partial charge on any atom is -0.348 e. The zero-order valence-electron chi connectivity index (χ0n) is 19.7. The maximum Gasteiger partial charge on any atom is 0.247 e. The molecule has 1 aromatic carbocycles. The van der Waals surface area contributed by atoms with Gasteiger partial charge in [0.2, 0.25) is 11.9 Å². The van der Waals surface area contributed by atoms with E-state index in [-0.39, 0.29) is 11.9 Å². The Kier molecular flexibility index (Phi) is 5.61. The molecule has 10 nitrogen and oxygen atoms in total. The van der Waals surface area contributed by atoms with Crippen LogP contribution in [0.4, 0.5) is 16.8 Å². The second-order valence-corrected chi connectivity index (χ2v) is 9.84. The fourth-order valence-corrected chi connectivity index (χ4v) is 5.59. The lowest BCUT2D eigenvalue weighted by Crippen LogP contribution is -2.42. The first kappa shape index (κ1) is 22.2. The number of rotatable bonds is 6. The van der Waals surface area contributed by atoms with Crippen molar-refractivity contribution in [3.8, 4) is 11.1 Å². The summed E-state index contributed by atoms with van der Waals surface area (Å²) in [6.07, 6.45) is 7.02. The van der Waals surface area contributed by atoms with Gasteiger partial charge in [-0.25, -0.2) is 9.50 Å². The highest BCUT2D eigenvalue weighted by Gasteiger charge is 2.24. The van der Waals surface area contributed by atoms with E-state index >= 15 is 0 Å². The Labute approximate surface area is 211 Å². The van der Waals surface area contributed by atoms with Crippen molar-refractivity contribution >= 4 is 49.9 Å². The number of aromatic amines is 1. The molecule has 1 atom stereocenters. The van der Waals surface area contributed by atoms with Crippen molar-refractivity contribution in [3.63, 3.8) is 0 Å². The molecular weight excluding hydrogens is 474 g/mol. The molecular formula is C25H25N9OS. The maximum atomic E-state index is 11.6. The third-order valence-corrected chi connectivity index (χ3v) is 7.50.